The zero-order valence-corrected chi connectivity index (χ0v) is 19.3. The Morgan fingerprint density at radius 1 is 1.16 bits per heavy atom. The molecule has 31 heavy (non-hydrogen) atoms. The topological polar surface area (TPSA) is 99.2 Å². The Bertz CT molecular complexity index is 1220. The van der Waals surface area contributed by atoms with Crippen LogP contribution in [0.3, 0.4) is 0 Å². The normalized spacial score (nSPS) is 13.3. The molecule has 3 aromatic rings. The molecule has 0 amide bonds. The van der Waals surface area contributed by atoms with Crippen LogP contribution in [-0.4, -0.2) is 28.3 Å². The summed E-state index contributed by atoms with van der Waals surface area (Å²) in [5, 5.41) is 17.5. The summed E-state index contributed by atoms with van der Waals surface area (Å²) in [7, 11) is -2.55. The lowest BCUT2D eigenvalue weighted by Crippen LogP contribution is -2.15. The first-order chi connectivity index (χ1) is 14.3. The molecule has 0 fully saturated rings. The standard InChI is InChI=1S/C21H23ClFN4O3S/c1-12(28)19-24-25-20(27(19)5)15-10-16(22)17(23)11-18(15)26-31(29,30)14-8-6-13(7-9-14)21(2,3)4/h6-12,28H,1-5H3. The van der Waals surface area contributed by atoms with Gasteiger partial charge >= 0.3 is 0 Å². The second-order valence-corrected chi connectivity index (χ2v) is 10.3. The molecule has 1 radical (unpaired) electrons. The van der Waals surface area contributed by atoms with Gasteiger partial charge in [-0.1, -0.05) is 44.5 Å². The summed E-state index contributed by atoms with van der Waals surface area (Å²) in [5.74, 6) is -0.378. The van der Waals surface area contributed by atoms with E-state index in [1.165, 1.54) is 29.7 Å². The van der Waals surface area contributed by atoms with E-state index in [0.717, 1.165) is 11.6 Å². The van der Waals surface area contributed by atoms with Gasteiger partial charge in [-0.05, 0) is 36.1 Å². The molecule has 0 saturated carbocycles. The fourth-order valence-electron chi connectivity index (χ4n) is 3.04. The Morgan fingerprint density at radius 3 is 2.29 bits per heavy atom. The molecule has 0 saturated heterocycles. The summed E-state index contributed by atoms with van der Waals surface area (Å²) in [4.78, 5) is -0.0237. The van der Waals surface area contributed by atoms with Gasteiger partial charge in [0.05, 0.1) is 15.6 Å². The van der Waals surface area contributed by atoms with Crippen molar-refractivity contribution in [3.05, 3.63) is 58.6 Å². The van der Waals surface area contributed by atoms with Gasteiger partial charge < -0.3 is 9.67 Å². The summed E-state index contributed by atoms with van der Waals surface area (Å²) in [6.45, 7) is 7.58. The molecule has 2 aromatic carbocycles. The van der Waals surface area contributed by atoms with Crippen molar-refractivity contribution in [3.8, 4) is 11.4 Å². The molecular formula is C21H23ClFN4O3S. The van der Waals surface area contributed by atoms with Crippen molar-refractivity contribution >= 4 is 27.3 Å². The molecule has 0 aliphatic heterocycles. The Morgan fingerprint density at radius 2 is 1.77 bits per heavy atom. The van der Waals surface area contributed by atoms with E-state index in [9.17, 15) is 17.9 Å². The molecule has 10 heteroatoms. The second kappa shape index (κ2) is 8.22. The number of halogens is 2. The van der Waals surface area contributed by atoms with E-state index < -0.39 is 21.9 Å². The van der Waals surface area contributed by atoms with Crippen LogP contribution in [0.2, 0.25) is 5.02 Å². The molecule has 3 rings (SSSR count). The van der Waals surface area contributed by atoms with Crippen LogP contribution in [0.1, 0.15) is 45.2 Å². The van der Waals surface area contributed by atoms with Crippen molar-refractivity contribution in [2.24, 2.45) is 7.05 Å². The highest BCUT2D eigenvalue weighted by atomic mass is 35.5. The smallest absolute Gasteiger partial charge is 0.282 e. The third-order valence-corrected chi connectivity index (χ3v) is 6.39. The molecule has 1 heterocycles. The van der Waals surface area contributed by atoms with Crippen molar-refractivity contribution in [3.63, 3.8) is 0 Å². The third-order valence-electron chi connectivity index (χ3n) is 4.80. The van der Waals surface area contributed by atoms with Gasteiger partial charge in [-0.3, -0.25) is 0 Å². The molecular weight excluding hydrogens is 443 g/mol. The van der Waals surface area contributed by atoms with E-state index >= 15 is 0 Å². The summed E-state index contributed by atoms with van der Waals surface area (Å²) in [6, 6.07) is 8.57. The number of hydrogen-bond acceptors (Lipinski definition) is 5. The first-order valence-corrected chi connectivity index (χ1v) is 11.3. The van der Waals surface area contributed by atoms with Crippen molar-refractivity contribution < 1.29 is 17.9 Å². The van der Waals surface area contributed by atoms with E-state index in [4.69, 9.17) is 11.6 Å². The van der Waals surface area contributed by atoms with Crippen LogP contribution in [0.15, 0.2) is 41.3 Å². The molecule has 1 N–H and O–H groups in total. The summed E-state index contributed by atoms with van der Waals surface area (Å²) in [6.07, 6.45) is -0.910. The summed E-state index contributed by atoms with van der Waals surface area (Å²) >= 11 is 5.93. The molecule has 165 valence electrons. The highest BCUT2D eigenvalue weighted by Crippen LogP contribution is 2.34. The third kappa shape index (κ3) is 4.73. The molecule has 1 aromatic heterocycles. The maximum atomic E-state index is 14.2. The van der Waals surface area contributed by atoms with Gasteiger partial charge in [0.1, 0.15) is 11.9 Å². The minimum Gasteiger partial charge on any atom is -0.385 e. The maximum absolute atomic E-state index is 14.2. The van der Waals surface area contributed by atoms with Crippen molar-refractivity contribution in [2.45, 2.75) is 44.1 Å². The van der Waals surface area contributed by atoms with E-state index in [2.05, 4.69) is 14.9 Å². The minimum atomic E-state index is -4.15. The van der Waals surface area contributed by atoms with Crippen LogP contribution in [0, 0.1) is 5.82 Å². The zero-order valence-electron chi connectivity index (χ0n) is 17.8. The Hall–Kier alpha value is -2.49. The minimum absolute atomic E-state index is 0.0237. The lowest BCUT2D eigenvalue weighted by Gasteiger charge is -2.19. The van der Waals surface area contributed by atoms with Crippen LogP contribution in [0.5, 0.6) is 0 Å². The van der Waals surface area contributed by atoms with Crippen LogP contribution < -0.4 is 4.72 Å². The van der Waals surface area contributed by atoms with E-state index in [0.29, 0.717) is 0 Å². The number of nitrogens with zero attached hydrogens (tertiary/aromatic N) is 4. The zero-order chi connectivity index (χ0) is 23.1. The Labute approximate surface area is 186 Å². The van der Waals surface area contributed by atoms with E-state index in [-0.39, 0.29) is 38.2 Å². The fourth-order valence-corrected chi connectivity index (χ4v) is 4.20. The molecule has 7 nitrogen and oxygen atoms in total. The Balaban J connectivity index is 2.06. The summed E-state index contributed by atoms with van der Waals surface area (Å²) < 4.78 is 45.4. The lowest BCUT2D eigenvalue weighted by atomic mass is 9.87. The first-order valence-electron chi connectivity index (χ1n) is 9.46. The number of aliphatic hydroxyl groups excluding tert-OH is 1. The van der Waals surface area contributed by atoms with Gasteiger partial charge in [-0.2, -0.15) is 13.1 Å². The Kier molecular flexibility index (Phi) is 6.14. The number of hydrogen-bond donors (Lipinski definition) is 1. The monoisotopic (exact) mass is 465 g/mol. The molecule has 0 aliphatic rings. The van der Waals surface area contributed by atoms with Gasteiger partial charge in [0.25, 0.3) is 10.0 Å². The predicted octanol–water partition coefficient (Wildman–Crippen LogP) is 4.25. The molecule has 0 bridgehead atoms. The largest absolute Gasteiger partial charge is 0.385 e. The number of aromatic nitrogens is 3. The van der Waals surface area contributed by atoms with Crippen molar-refractivity contribution in [1.29, 1.82) is 0 Å². The second-order valence-electron chi connectivity index (χ2n) is 8.24. The first kappa shape index (κ1) is 23.2. The quantitative estimate of drug-likeness (QED) is 0.607. The van der Waals surface area contributed by atoms with E-state index in [1.807, 2.05) is 20.8 Å². The average Bonchev–Trinajstić information content (AvgIpc) is 3.05. The number of benzene rings is 2. The van der Waals surface area contributed by atoms with Crippen LogP contribution in [0.4, 0.5) is 10.1 Å². The van der Waals surface area contributed by atoms with Crippen LogP contribution in [-0.2, 0) is 22.5 Å². The molecule has 1 unspecified atom stereocenters. The van der Waals surface area contributed by atoms with Gasteiger partial charge in [-0.25, -0.2) is 4.39 Å². The molecule has 0 aliphatic carbocycles. The van der Waals surface area contributed by atoms with Gasteiger partial charge in [0.2, 0.25) is 0 Å². The van der Waals surface area contributed by atoms with Crippen molar-refractivity contribution in [2.75, 3.05) is 0 Å². The molecule has 0 spiro atoms. The molecule has 1 atom stereocenters. The highest BCUT2D eigenvalue weighted by Gasteiger charge is 2.25. The van der Waals surface area contributed by atoms with Gasteiger partial charge in [-0.15, -0.1) is 10.2 Å². The number of rotatable bonds is 5. The summed E-state index contributed by atoms with van der Waals surface area (Å²) in [5.41, 5.74) is 0.825. The maximum Gasteiger partial charge on any atom is 0.282 e. The lowest BCUT2D eigenvalue weighted by molar-refractivity contribution is 0.185. The van der Waals surface area contributed by atoms with Gasteiger partial charge in [0.15, 0.2) is 11.6 Å². The fraction of sp³-hybridized carbons (Fsp3) is 0.333. The predicted molar refractivity (Wildman–Crippen MR) is 116 cm³/mol. The van der Waals surface area contributed by atoms with E-state index in [1.54, 1.807) is 19.2 Å². The van der Waals surface area contributed by atoms with Crippen LogP contribution in [0.25, 0.3) is 11.4 Å². The highest BCUT2D eigenvalue weighted by molar-refractivity contribution is 7.89. The number of aliphatic hydroxyl groups is 1. The SMILES string of the molecule is CC(O)c1nnc(-c2cc(Cl)c(F)cc2[N]S(=O)(=O)c2ccc(C(C)(C)C)cc2)n1C. The number of sulfonamides is 1. The van der Waals surface area contributed by atoms with Crippen LogP contribution >= 0.6 is 11.6 Å². The average molecular weight is 466 g/mol. The van der Waals surface area contributed by atoms with Gasteiger partial charge in [0, 0.05) is 18.7 Å². The van der Waals surface area contributed by atoms with Crippen molar-refractivity contribution in [1.82, 2.24) is 19.5 Å².